The van der Waals surface area contributed by atoms with Gasteiger partial charge in [0.25, 0.3) is 5.91 Å². The minimum atomic E-state index is 0.0223. The van der Waals surface area contributed by atoms with Gasteiger partial charge in [-0.15, -0.1) is 0 Å². The van der Waals surface area contributed by atoms with Gasteiger partial charge in [-0.05, 0) is 44.0 Å². The van der Waals surface area contributed by atoms with Gasteiger partial charge in [0.2, 0.25) is 0 Å². The first kappa shape index (κ1) is 17.9. The molecule has 1 fully saturated rings. The average Bonchev–Trinajstić information content (AvgIpc) is 2.70. The van der Waals surface area contributed by atoms with Crippen molar-refractivity contribution in [1.82, 2.24) is 10.2 Å². The van der Waals surface area contributed by atoms with E-state index in [1.165, 1.54) is 0 Å². The maximum atomic E-state index is 12.4. The van der Waals surface area contributed by atoms with Gasteiger partial charge >= 0.3 is 0 Å². The van der Waals surface area contributed by atoms with E-state index in [0.29, 0.717) is 6.61 Å². The highest BCUT2D eigenvalue weighted by Crippen LogP contribution is 2.31. The van der Waals surface area contributed by atoms with Gasteiger partial charge in [-0.2, -0.15) is 0 Å². The molecule has 0 spiro atoms. The van der Waals surface area contributed by atoms with E-state index >= 15 is 0 Å². The van der Waals surface area contributed by atoms with Crippen molar-refractivity contribution in [3.8, 4) is 11.5 Å². The minimum absolute atomic E-state index is 0.0223. The van der Waals surface area contributed by atoms with Crippen LogP contribution in [-0.2, 0) is 0 Å². The first-order valence-electron chi connectivity index (χ1n) is 9.66. The number of aryl methyl sites for hydroxylation is 1. The number of nitrogens with one attached hydrogen (secondary N) is 1. The lowest BCUT2D eigenvalue weighted by atomic mass is 10.0. The summed E-state index contributed by atoms with van der Waals surface area (Å²) in [6.07, 6.45) is 1.97. The molecule has 1 amide bonds. The summed E-state index contributed by atoms with van der Waals surface area (Å²) in [4.78, 5) is 14.8. The Labute approximate surface area is 160 Å². The van der Waals surface area contributed by atoms with Crippen LogP contribution in [0, 0.1) is 6.92 Å². The SMILES string of the molecule is Cc1ccc(C(=O)NC2CCN(CC3COc4ccccc4O3)CC2)cc1. The van der Waals surface area contributed by atoms with Crippen LogP contribution in [-0.4, -0.2) is 49.2 Å². The summed E-state index contributed by atoms with van der Waals surface area (Å²) in [7, 11) is 0. The molecule has 5 heteroatoms. The molecule has 2 aliphatic heterocycles. The molecule has 0 aliphatic carbocycles. The Morgan fingerprint density at radius 2 is 1.78 bits per heavy atom. The molecule has 2 aromatic rings. The molecule has 27 heavy (non-hydrogen) atoms. The summed E-state index contributed by atoms with van der Waals surface area (Å²) in [6, 6.07) is 15.8. The molecular weight excluding hydrogens is 340 g/mol. The second kappa shape index (κ2) is 8.01. The van der Waals surface area contributed by atoms with Crippen LogP contribution in [0.4, 0.5) is 0 Å². The fourth-order valence-electron chi connectivity index (χ4n) is 3.67. The number of para-hydroxylation sites is 2. The first-order chi connectivity index (χ1) is 13.2. The second-order valence-electron chi connectivity index (χ2n) is 7.41. The Morgan fingerprint density at radius 3 is 2.52 bits per heavy atom. The van der Waals surface area contributed by atoms with Crippen LogP contribution in [0.15, 0.2) is 48.5 Å². The normalized spacial score (nSPS) is 20.3. The number of rotatable bonds is 4. The molecule has 2 aliphatic rings. The van der Waals surface area contributed by atoms with E-state index in [-0.39, 0.29) is 18.1 Å². The number of carbonyl (C=O) groups is 1. The molecule has 1 saturated heterocycles. The van der Waals surface area contributed by atoms with Gasteiger partial charge in [0.15, 0.2) is 11.5 Å². The summed E-state index contributed by atoms with van der Waals surface area (Å²) in [6.45, 7) is 5.38. The van der Waals surface area contributed by atoms with Crippen molar-refractivity contribution in [3.05, 3.63) is 59.7 Å². The highest BCUT2D eigenvalue weighted by molar-refractivity contribution is 5.94. The van der Waals surface area contributed by atoms with Crippen molar-refractivity contribution in [2.45, 2.75) is 31.9 Å². The molecule has 2 heterocycles. The molecule has 142 valence electrons. The van der Waals surface area contributed by atoms with Gasteiger partial charge in [-0.1, -0.05) is 29.8 Å². The van der Waals surface area contributed by atoms with E-state index in [1.807, 2.05) is 55.5 Å². The zero-order chi connectivity index (χ0) is 18.6. The van der Waals surface area contributed by atoms with E-state index in [0.717, 1.165) is 55.1 Å². The third-order valence-corrected chi connectivity index (χ3v) is 5.27. The number of piperidine rings is 1. The van der Waals surface area contributed by atoms with Crippen LogP contribution < -0.4 is 14.8 Å². The monoisotopic (exact) mass is 366 g/mol. The largest absolute Gasteiger partial charge is 0.486 e. The van der Waals surface area contributed by atoms with Gasteiger partial charge in [0.1, 0.15) is 12.7 Å². The summed E-state index contributed by atoms with van der Waals surface area (Å²) < 4.78 is 11.9. The number of ether oxygens (including phenoxy) is 2. The molecule has 0 radical (unpaired) electrons. The zero-order valence-electron chi connectivity index (χ0n) is 15.7. The molecule has 1 unspecified atom stereocenters. The van der Waals surface area contributed by atoms with E-state index in [1.54, 1.807) is 0 Å². The summed E-state index contributed by atoms with van der Waals surface area (Å²) >= 11 is 0. The summed E-state index contributed by atoms with van der Waals surface area (Å²) in [5.41, 5.74) is 1.89. The van der Waals surface area contributed by atoms with Crippen molar-refractivity contribution in [2.24, 2.45) is 0 Å². The van der Waals surface area contributed by atoms with E-state index in [4.69, 9.17) is 9.47 Å². The Morgan fingerprint density at radius 1 is 1.07 bits per heavy atom. The number of fused-ring (bicyclic) bond motifs is 1. The van der Waals surface area contributed by atoms with Crippen molar-refractivity contribution in [1.29, 1.82) is 0 Å². The lowest BCUT2D eigenvalue weighted by Gasteiger charge is -2.35. The van der Waals surface area contributed by atoms with Gasteiger partial charge in [0, 0.05) is 31.2 Å². The van der Waals surface area contributed by atoms with Gasteiger partial charge in [-0.25, -0.2) is 0 Å². The smallest absolute Gasteiger partial charge is 0.251 e. The molecule has 0 saturated carbocycles. The fraction of sp³-hybridized carbons (Fsp3) is 0.409. The Hall–Kier alpha value is -2.53. The van der Waals surface area contributed by atoms with E-state index in [9.17, 15) is 4.79 Å². The lowest BCUT2D eigenvalue weighted by molar-refractivity contribution is 0.0496. The van der Waals surface area contributed by atoms with Crippen LogP contribution in [0.2, 0.25) is 0 Å². The van der Waals surface area contributed by atoms with Crippen molar-refractivity contribution < 1.29 is 14.3 Å². The van der Waals surface area contributed by atoms with Crippen LogP contribution in [0.25, 0.3) is 0 Å². The number of hydrogen-bond acceptors (Lipinski definition) is 4. The van der Waals surface area contributed by atoms with Gasteiger partial charge in [0.05, 0.1) is 0 Å². The average molecular weight is 366 g/mol. The predicted octanol–water partition coefficient (Wildman–Crippen LogP) is 3.03. The highest BCUT2D eigenvalue weighted by atomic mass is 16.6. The minimum Gasteiger partial charge on any atom is -0.486 e. The van der Waals surface area contributed by atoms with Crippen LogP contribution in [0.5, 0.6) is 11.5 Å². The number of likely N-dealkylation sites (tertiary alicyclic amines) is 1. The quantitative estimate of drug-likeness (QED) is 0.904. The molecule has 2 aromatic carbocycles. The topological polar surface area (TPSA) is 50.8 Å². The van der Waals surface area contributed by atoms with Gasteiger partial charge < -0.3 is 14.8 Å². The first-order valence-corrected chi connectivity index (χ1v) is 9.66. The molecule has 1 atom stereocenters. The number of benzene rings is 2. The van der Waals surface area contributed by atoms with Crippen molar-refractivity contribution in [3.63, 3.8) is 0 Å². The van der Waals surface area contributed by atoms with Crippen LogP contribution in [0.1, 0.15) is 28.8 Å². The molecule has 0 bridgehead atoms. The Balaban J connectivity index is 1.23. The molecule has 5 nitrogen and oxygen atoms in total. The molecular formula is C22H26N2O3. The standard InChI is InChI=1S/C22H26N2O3/c1-16-6-8-17(9-7-16)22(25)23-18-10-12-24(13-11-18)14-19-15-26-20-4-2-3-5-21(20)27-19/h2-9,18-19H,10-15H2,1H3,(H,23,25). The van der Waals surface area contributed by atoms with Crippen LogP contribution >= 0.6 is 0 Å². The third kappa shape index (κ3) is 4.42. The van der Waals surface area contributed by atoms with E-state index < -0.39 is 0 Å². The number of carbonyl (C=O) groups excluding carboxylic acids is 1. The van der Waals surface area contributed by atoms with Crippen molar-refractivity contribution in [2.75, 3.05) is 26.2 Å². The number of hydrogen-bond donors (Lipinski definition) is 1. The summed E-state index contributed by atoms with van der Waals surface area (Å²) in [5.74, 6) is 1.68. The Kier molecular flexibility index (Phi) is 5.30. The third-order valence-electron chi connectivity index (χ3n) is 5.27. The fourth-order valence-corrected chi connectivity index (χ4v) is 3.67. The molecule has 4 rings (SSSR count). The van der Waals surface area contributed by atoms with Crippen molar-refractivity contribution >= 4 is 5.91 Å². The van der Waals surface area contributed by atoms with Gasteiger partial charge in [-0.3, -0.25) is 9.69 Å². The van der Waals surface area contributed by atoms with E-state index in [2.05, 4.69) is 10.2 Å². The molecule has 1 N–H and O–H groups in total. The Bertz CT molecular complexity index is 782. The zero-order valence-corrected chi connectivity index (χ0v) is 15.7. The second-order valence-corrected chi connectivity index (χ2v) is 7.41. The lowest BCUT2D eigenvalue weighted by Crippen LogP contribution is -2.48. The predicted molar refractivity (Wildman–Crippen MR) is 104 cm³/mol. The number of nitrogens with zero attached hydrogens (tertiary/aromatic N) is 1. The maximum absolute atomic E-state index is 12.4. The number of amides is 1. The molecule has 0 aromatic heterocycles. The highest BCUT2D eigenvalue weighted by Gasteiger charge is 2.26. The van der Waals surface area contributed by atoms with Crippen LogP contribution in [0.3, 0.4) is 0 Å². The summed E-state index contributed by atoms with van der Waals surface area (Å²) in [5, 5.41) is 3.17. The maximum Gasteiger partial charge on any atom is 0.251 e.